The van der Waals surface area contributed by atoms with Crippen LogP contribution in [-0.4, -0.2) is 22.1 Å². The SMILES string of the molecule is O=C(O)C1CCC(Nc2nc(-c3ccc(F)cc3)cs2)CC1. The number of thiazole rings is 1. The van der Waals surface area contributed by atoms with Gasteiger partial charge >= 0.3 is 5.97 Å². The first-order valence-electron chi connectivity index (χ1n) is 7.32. The van der Waals surface area contributed by atoms with Gasteiger partial charge in [-0.15, -0.1) is 11.3 Å². The summed E-state index contributed by atoms with van der Waals surface area (Å²) in [5.41, 5.74) is 1.71. The number of nitrogens with zero attached hydrogens (tertiary/aromatic N) is 1. The Morgan fingerprint density at radius 3 is 2.55 bits per heavy atom. The smallest absolute Gasteiger partial charge is 0.306 e. The first kappa shape index (κ1) is 15.0. The molecule has 1 aromatic heterocycles. The standard InChI is InChI=1S/C16H17FN2O2S/c17-12-5-1-10(2-6-12)14-9-22-16(19-14)18-13-7-3-11(4-8-13)15(20)21/h1-2,5-6,9,11,13H,3-4,7-8H2,(H,18,19)(H,20,21). The average Bonchev–Trinajstić information content (AvgIpc) is 2.97. The van der Waals surface area contributed by atoms with Crippen LogP contribution in [0.25, 0.3) is 11.3 Å². The number of carboxylic acids is 1. The molecule has 1 fully saturated rings. The highest BCUT2D eigenvalue weighted by Gasteiger charge is 2.26. The van der Waals surface area contributed by atoms with E-state index in [1.807, 2.05) is 5.38 Å². The van der Waals surface area contributed by atoms with Gasteiger partial charge in [0.15, 0.2) is 5.13 Å². The van der Waals surface area contributed by atoms with Gasteiger partial charge in [-0.2, -0.15) is 0 Å². The molecule has 0 aliphatic heterocycles. The van der Waals surface area contributed by atoms with Crippen molar-refractivity contribution in [2.45, 2.75) is 31.7 Å². The molecule has 1 aromatic carbocycles. The highest BCUT2D eigenvalue weighted by molar-refractivity contribution is 7.14. The molecule has 4 nitrogen and oxygen atoms in total. The molecule has 0 atom stereocenters. The van der Waals surface area contributed by atoms with E-state index < -0.39 is 5.97 Å². The maximum absolute atomic E-state index is 12.9. The van der Waals surface area contributed by atoms with Crippen molar-refractivity contribution < 1.29 is 14.3 Å². The van der Waals surface area contributed by atoms with Crippen molar-refractivity contribution in [3.63, 3.8) is 0 Å². The molecule has 1 aliphatic carbocycles. The Bertz CT molecular complexity index is 648. The zero-order valence-corrected chi connectivity index (χ0v) is 12.8. The lowest BCUT2D eigenvalue weighted by Crippen LogP contribution is -2.29. The molecule has 2 N–H and O–H groups in total. The monoisotopic (exact) mass is 320 g/mol. The zero-order valence-electron chi connectivity index (χ0n) is 12.0. The second-order valence-corrected chi connectivity index (χ2v) is 6.43. The van der Waals surface area contributed by atoms with Crippen LogP contribution in [0.1, 0.15) is 25.7 Å². The molecule has 1 aliphatic rings. The van der Waals surface area contributed by atoms with Gasteiger partial charge < -0.3 is 10.4 Å². The number of rotatable bonds is 4. The van der Waals surface area contributed by atoms with Crippen LogP contribution in [0.3, 0.4) is 0 Å². The number of halogens is 1. The van der Waals surface area contributed by atoms with Crippen molar-refractivity contribution in [3.8, 4) is 11.3 Å². The maximum atomic E-state index is 12.9. The van der Waals surface area contributed by atoms with Crippen LogP contribution in [0.2, 0.25) is 0 Å². The summed E-state index contributed by atoms with van der Waals surface area (Å²) in [5, 5.41) is 15.2. The van der Waals surface area contributed by atoms with Crippen molar-refractivity contribution in [1.29, 1.82) is 0 Å². The van der Waals surface area contributed by atoms with Crippen molar-refractivity contribution in [2.24, 2.45) is 5.92 Å². The lowest BCUT2D eigenvalue weighted by Gasteiger charge is -2.26. The third kappa shape index (κ3) is 3.44. The number of anilines is 1. The van der Waals surface area contributed by atoms with Crippen LogP contribution < -0.4 is 5.32 Å². The third-order valence-corrected chi connectivity index (χ3v) is 4.82. The fourth-order valence-electron chi connectivity index (χ4n) is 2.75. The van der Waals surface area contributed by atoms with Gasteiger partial charge in [0.05, 0.1) is 11.6 Å². The fraction of sp³-hybridized carbons (Fsp3) is 0.375. The minimum absolute atomic E-state index is 0.205. The Kier molecular flexibility index (Phi) is 4.38. The lowest BCUT2D eigenvalue weighted by atomic mass is 9.86. The highest BCUT2D eigenvalue weighted by Crippen LogP contribution is 2.30. The second kappa shape index (κ2) is 6.44. The van der Waals surface area contributed by atoms with E-state index >= 15 is 0 Å². The number of aliphatic carboxylic acids is 1. The van der Waals surface area contributed by atoms with Gasteiger partial charge in [0.2, 0.25) is 0 Å². The van der Waals surface area contributed by atoms with Gasteiger partial charge in [-0.3, -0.25) is 4.79 Å². The molecule has 0 saturated heterocycles. The summed E-state index contributed by atoms with van der Waals surface area (Å²) in [6.45, 7) is 0. The summed E-state index contributed by atoms with van der Waals surface area (Å²) in [5.74, 6) is -1.15. The van der Waals surface area contributed by atoms with E-state index in [0.717, 1.165) is 29.2 Å². The molecule has 0 radical (unpaired) electrons. The number of nitrogens with one attached hydrogen (secondary N) is 1. The Labute approximate surface area is 132 Å². The average molecular weight is 320 g/mol. The molecule has 1 saturated carbocycles. The minimum atomic E-state index is -0.689. The topological polar surface area (TPSA) is 62.2 Å². The predicted octanol–water partition coefficient (Wildman–Crippen LogP) is 4.00. The summed E-state index contributed by atoms with van der Waals surface area (Å²) in [6, 6.07) is 6.56. The predicted molar refractivity (Wildman–Crippen MR) is 84.5 cm³/mol. The van der Waals surface area contributed by atoms with Crippen LogP contribution in [0.5, 0.6) is 0 Å². The second-order valence-electron chi connectivity index (χ2n) is 5.58. The Hall–Kier alpha value is -1.95. The van der Waals surface area contributed by atoms with Crippen molar-refractivity contribution in [2.75, 3.05) is 5.32 Å². The Morgan fingerprint density at radius 1 is 1.23 bits per heavy atom. The molecular weight excluding hydrogens is 303 g/mol. The maximum Gasteiger partial charge on any atom is 0.306 e. The van der Waals surface area contributed by atoms with E-state index in [4.69, 9.17) is 5.11 Å². The molecule has 22 heavy (non-hydrogen) atoms. The molecule has 1 heterocycles. The summed E-state index contributed by atoms with van der Waals surface area (Å²) in [6.07, 6.45) is 3.12. The number of carbonyl (C=O) groups is 1. The summed E-state index contributed by atoms with van der Waals surface area (Å²) < 4.78 is 12.9. The number of aromatic nitrogens is 1. The van der Waals surface area contributed by atoms with Gasteiger partial charge in [0.25, 0.3) is 0 Å². The molecule has 0 spiro atoms. The largest absolute Gasteiger partial charge is 0.481 e. The number of hydrogen-bond donors (Lipinski definition) is 2. The van der Waals surface area contributed by atoms with Crippen LogP contribution in [-0.2, 0) is 4.79 Å². The first-order valence-corrected chi connectivity index (χ1v) is 8.20. The minimum Gasteiger partial charge on any atom is -0.481 e. The molecular formula is C16H17FN2O2S. The van der Waals surface area contributed by atoms with E-state index in [0.29, 0.717) is 12.8 Å². The molecule has 116 valence electrons. The van der Waals surface area contributed by atoms with Gasteiger partial charge in [0, 0.05) is 17.0 Å². The van der Waals surface area contributed by atoms with E-state index in [2.05, 4.69) is 10.3 Å². The zero-order chi connectivity index (χ0) is 15.5. The number of hydrogen-bond acceptors (Lipinski definition) is 4. The van der Waals surface area contributed by atoms with Gasteiger partial charge in [-0.25, -0.2) is 9.37 Å². The van der Waals surface area contributed by atoms with Crippen molar-refractivity contribution in [3.05, 3.63) is 35.5 Å². The van der Waals surface area contributed by atoms with Gasteiger partial charge in [-0.1, -0.05) is 0 Å². The molecule has 0 bridgehead atoms. The van der Waals surface area contributed by atoms with Crippen molar-refractivity contribution >= 4 is 22.4 Å². The molecule has 0 unspecified atom stereocenters. The molecule has 3 rings (SSSR count). The third-order valence-electron chi connectivity index (χ3n) is 4.05. The summed E-state index contributed by atoms with van der Waals surface area (Å²) >= 11 is 1.52. The normalized spacial score (nSPS) is 21.5. The van der Waals surface area contributed by atoms with Crippen LogP contribution in [0.15, 0.2) is 29.6 Å². The molecule has 0 amide bonds. The van der Waals surface area contributed by atoms with E-state index in [1.165, 1.54) is 23.5 Å². The first-order chi connectivity index (χ1) is 10.6. The lowest BCUT2D eigenvalue weighted by molar-refractivity contribution is -0.142. The van der Waals surface area contributed by atoms with Crippen molar-refractivity contribution in [1.82, 2.24) is 4.98 Å². The highest BCUT2D eigenvalue weighted by atomic mass is 32.1. The Balaban J connectivity index is 1.60. The van der Waals surface area contributed by atoms with Gasteiger partial charge in [0.1, 0.15) is 5.82 Å². The molecule has 2 aromatic rings. The van der Waals surface area contributed by atoms with Crippen LogP contribution in [0.4, 0.5) is 9.52 Å². The number of benzene rings is 1. The fourth-order valence-corrected chi connectivity index (χ4v) is 3.55. The van der Waals surface area contributed by atoms with E-state index in [-0.39, 0.29) is 17.8 Å². The molecule has 6 heteroatoms. The Morgan fingerprint density at radius 2 is 1.91 bits per heavy atom. The van der Waals surface area contributed by atoms with Crippen LogP contribution >= 0.6 is 11.3 Å². The number of carboxylic acid groups (broad SMARTS) is 1. The quantitative estimate of drug-likeness (QED) is 0.893. The summed E-state index contributed by atoms with van der Waals surface area (Å²) in [4.78, 5) is 15.5. The van der Waals surface area contributed by atoms with E-state index in [9.17, 15) is 9.18 Å². The summed E-state index contributed by atoms with van der Waals surface area (Å²) in [7, 11) is 0. The van der Waals surface area contributed by atoms with Crippen LogP contribution in [0, 0.1) is 11.7 Å². The van der Waals surface area contributed by atoms with Gasteiger partial charge in [-0.05, 0) is 49.9 Å². The van der Waals surface area contributed by atoms with E-state index in [1.54, 1.807) is 12.1 Å².